The van der Waals surface area contributed by atoms with Gasteiger partial charge >= 0.3 is 0 Å². The lowest BCUT2D eigenvalue weighted by Crippen LogP contribution is -2.43. The monoisotopic (exact) mass is 452 g/mol. The molecule has 32 heavy (non-hydrogen) atoms. The fraction of sp³-hybridized carbons (Fsp3) is 0.333. The quantitative estimate of drug-likeness (QED) is 0.621. The van der Waals surface area contributed by atoms with Gasteiger partial charge in [0.05, 0.1) is 17.3 Å². The molecule has 4 rings (SSSR count). The van der Waals surface area contributed by atoms with Gasteiger partial charge in [-0.2, -0.15) is 4.31 Å². The van der Waals surface area contributed by atoms with Crippen LogP contribution in [0, 0.1) is 12.8 Å². The van der Waals surface area contributed by atoms with Crippen molar-refractivity contribution in [3.63, 3.8) is 0 Å². The number of hydrogen-bond donors (Lipinski definition) is 1. The Labute approximate surface area is 189 Å². The number of carbonyl (C=O) groups is 1. The lowest BCUT2D eigenvalue weighted by atomic mass is 9.96. The first-order valence-electron chi connectivity index (χ1n) is 10.8. The Morgan fingerprint density at radius 3 is 2.31 bits per heavy atom. The maximum absolute atomic E-state index is 12.9. The second kappa shape index (κ2) is 9.26. The van der Waals surface area contributed by atoms with Gasteiger partial charge in [0.25, 0.3) is 0 Å². The zero-order valence-corrected chi connectivity index (χ0v) is 19.1. The van der Waals surface area contributed by atoms with Crippen LogP contribution >= 0.6 is 0 Å². The van der Waals surface area contributed by atoms with Crippen molar-refractivity contribution >= 4 is 15.9 Å². The molecule has 0 saturated carbocycles. The molecule has 1 aliphatic heterocycles. The number of nitrogens with one attached hydrogen (secondary N) is 1. The molecule has 0 unspecified atom stereocenters. The minimum absolute atomic E-state index is 0.0245. The second-order valence-electron chi connectivity index (χ2n) is 8.28. The van der Waals surface area contributed by atoms with Gasteiger partial charge in [0.2, 0.25) is 15.9 Å². The van der Waals surface area contributed by atoms with Gasteiger partial charge in [0.15, 0.2) is 0 Å². The summed E-state index contributed by atoms with van der Waals surface area (Å²) in [6, 6.07) is 14.7. The van der Waals surface area contributed by atoms with Crippen LogP contribution in [-0.4, -0.2) is 41.3 Å². The number of benzene rings is 2. The van der Waals surface area contributed by atoms with E-state index >= 15 is 0 Å². The number of hydrogen-bond acceptors (Lipinski definition) is 4. The summed E-state index contributed by atoms with van der Waals surface area (Å²) >= 11 is 0. The summed E-state index contributed by atoms with van der Waals surface area (Å²) in [7, 11) is -3.52. The number of aromatic nitrogens is 2. The fourth-order valence-corrected chi connectivity index (χ4v) is 5.45. The summed E-state index contributed by atoms with van der Waals surface area (Å²) in [6.45, 7) is 4.58. The molecule has 7 nitrogen and oxygen atoms in total. The van der Waals surface area contributed by atoms with Crippen LogP contribution in [0.3, 0.4) is 0 Å². The van der Waals surface area contributed by atoms with Gasteiger partial charge in [-0.1, -0.05) is 29.8 Å². The van der Waals surface area contributed by atoms with Gasteiger partial charge in [0.1, 0.15) is 0 Å². The number of rotatable bonds is 6. The van der Waals surface area contributed by atoms with Gasteiger partial charge in [-0.3, -0.25) is 4.79 Å². The van der Waals surface area contributed by atoms with E-state index in [0.29, 0.717) is 30.8 Å². The molecule has 0 spiro atoms. The summed E-state index contributed by atoms with van der Waals surface area (Å²) in [4.78, 5) is 17.2. The van der Waals surface area contributed by atoms with Crippen molar-refractivity contribution in [2.75, 3.05) is 13.1 Å². The van der Waals surface area contributed by atoms with Crippen LogP contribution in [0.2, 0.25) is 0 Å². The van der Waals surface area contributed by atoms with Gasteiger partial charge < -0.3 is 9.88 Å². The minimum atomic E-state index is -3.52. The van der Waals surface area contributed by atoms with Crippen molar-refractivity contribution in [1.82, 2.24) is 19.2 Å². The van der Waals surface area contributed by atoms with E-state index in [1.54, 1.807) is 36.8 Å². The van der Waals surface area contributed by atoms with E-state index in [1.165, 1.54) is 4.31 Å². The third kappa shape index (κ3) is 4.76. The maximum Gasteiger partial charge on any atom is 0.243 e. The number of imidazole rings is 1. The van der Waals surface area contributed by atoms with E-state index in [-0.39, 0.29) is 17.9 Å². The van der Waals surface area contributed by atoms with Crippen LogP contribution in [0.25, 0.3) is 5.69 Å². The number of aryl methyl sites for hydroxylation is 1. The van der Waals surface area contributed by atoms with E-state index in [1.807, 2.05) is 48.9 Å². The molecule has 2 aromatic carbocycles. The molecule has 1 aliphatic rings. The van der Waals surface area contributed by atoms with Gasteiger partial charge in [0, 0.05) is 37.1 Å². The van der Waals surface area contributed by atoms with Crippen molar-refractivity contribution < 1.29 is 13.2 Å². The third-order valence-corrected chi connectivity index (χ3v) is 7.95. The van der Waals surface area contributed by atoms with E-state index in [4.69, 9.17) is 0 Å². The van der Waals surface area contributed by atoms with E-state index in [2.05, 4.69) is 10.3 Å². The summed E-state index contributed by atoms with van der Waals surface area (Å²) in [6.07, 6.45) is 6.39. The lowest BCUT2D eigenvalue weighted by Gasteiger charge is -2.31. The molecular formula is C24H28N4O3S. The number of sulfonamides is 1. The molecule has 3 aromatic rings. The molecule has 168 valence electrons. The van der Waals surface area contributed by atoms with Crippen molar-refractivity contribution in [3.8, 4) is 5.69 Å². The number of nitrogens with zero attached hydrogens (tertiary/aromatic N) is 3. The highest BCUT2D eigenvalue weighted by atomic mass is 32.2. The van der Waals surface area contributed by atoms with E-state index in [0.717, 1.165) is 16.8 Å². The molecule has 1 amide bonds. The molecule has 0 radical (unpaired) electrons. The van der Waals surface area contributed by atoms with Crippen LogP contribution in [-0.2, 0) is 14.8 Å². The van der Waals surface area contributed by atoms with Crippen molar-refractivity contribution in [2.24, 2.45) is 5.92 Å². The predicted molar refractivity (Wildman–Crippen MR) is 123 cm³/mol. The summed E-state index contributed by atoms with van der Waals surface area (Å²) < 4.78 is 29.1. The predicted octanol–water partition coefficient (Wildman–Crippen LogP) is 3.46. The highest BCUT2D eigenvalue weighted by Gasteiger charge is 2.32. The Balaban J connectivity index is 1.33. The minimum Gasteiger partial charge on any atom is -0.349 e. The molecule has 1 atom stereocenters. The normalized spacial score (nSPS) is 16.6. The maximum atomic E-state index is 12.9. The Morgan fingerprint density at radius 2 is 1.72 bits per heavy atom. The molecule has 1 aromatic heterocycles. The zero-order valence-electron chi connectivity index (χ0n) is 18.3. The summed E-state index contributed by atoms with van der Waals surface area (Å²) in [5.74, 6) is -0.212. The average Bonchev–Trinajstić information content (AvgIpc) is 3.34. The number of carbonyl (C=O) groups excluding carboxylic acids is 1. The largest absolute Gasteiger partial charge is 0.349 e. The van der Waals surface area contributed by atoms with Crippen molar-refractivity contribution in [3.05, 3.63) is 78.4 Å². The van der Waals surface area contributed by atoms with Crippen LogP contribution in [0.4, 0.5) is 0 Å². The van der Waals surface area contributed by atoms with Gasteiger partial charge in [-0.15, -0.1) is 0 Å². The van der Waals surface area contributed by atoms with Crippen LogP contribution in [0.15, 0.2) is 72.1 Å². The molecule has 1 saturated heterocycles. The van der Waals surface area contributed by atoms with Crippen LogP contribution in [0.5, 0.6) is 0 Å². The van der Waals surface area contributed by atoms with Gasteiger partial charge in [-0.05, 0) is 56.5 Å². The molecule has 8 heteroatoms. The first-order valence-corrected chi connectivity index (χ1v) is 12.2. The standard InChI is InChI=1S/C24H28N4O3S/c1-18-3-9-23(10-4-18)32(30,31)28-14-11-21(12-15-28)24(29)26-19(2)20-5-7-22(8-6-20)27-16-13-25-17-27/h3-10,13,16-17,19,21H,11-12,14-15H2,1-2H3,(H,26,29)/t19-/m0/s1. The molecule has 0 aliphatic carbocycles. The Hall–Kier alpha value is -2.97. The smallest absolute Gasteiger partial charge is 0.243 e. The molecule has 1 N–H and O–H groups in total. The van der Waals surface area contributed by atoms with Crippen LogP contribution < -0.4 is 5.32 Å². The summed E-state index contributed by atoms with van der Waals surface area (Å²) in [5, 5.41) is 3.09. The molecular weight excluding hydrogens is 424 g/mol. The van der Waals surface area contributed by atoms with Crippen molar-refractivity contribution in [2.45, 2.75) is 37.6 Å². The highest BCUT2D eigenvalue weighted by molar-refractivity contribution is 7.89. The molecule has 2 heterocycles. The highest BCUT2D eigenvalue weighted by Crippen LogP contribution is 2.25. The number of amides is 1. The second-order valence-corrected chi connectivity index (χ2v) is 10.2. The fourth-order valence-electron chi connectivity index (χ4n) is 3.98. The third-order valence-electron chi connectivity index (χ3n) is 6.04. The van der Waals surface area contributed by atoms with Crippen LogP contribution in [0.1, 0.15) is 36.9 Å². The van der Waals surface area contributed by atoms with E-state index in [9.17, 15) is 13.2 Å². The van der Waals surface area contributed by atoms with E-state index < -0.39 is 10.0 Å². The first-order chi connectivity index (χ1) is 15.3. The Bertz CT molecular complexity index is 1150. The Morgan fingerprint density at radius 1 is 1.06 bits per heavy atom. The zero-order chi connectivity index (χ0) is 22.7. The lowest BCUT2D eigenvalue weighted by molar-refractivity contribution is -0.126. The summed E-state index contributed by atoms with van der Waals surface area (Å²) in [5.41, 5.74) is 3.04. The Kier molecular flexibility index (Phi) is 6.43. The SMILES string of the molecule is Cc1ccc(S(=O)(=O)N2CCC(C(=O)N[C@@H](C)c3ccc(-n4ccnc4)cc3)CC2)cc1. The topological polar surface area (TPSA) is 84.3 Å². The number of piperidine rings is 1. The first kappa shape index (κ1) is 22.2. The van der Waals surface area contributed by atoms with Gasteiger partial charge in [-0.25, -0.2) is 13.4 Å². The van der Waals surface area contributed by atoms with Crippen molar-refractivity contribution in [1.29, 1.82) is 0 Å². The average molecular weight is 453 g/mol. The molecule has 1 fully saturated rings. The molecule has 0 bridgehead atoms.